The van der Waals surface area contributed by atoms with Crippen molar-refractivity contribution < 1.29 is 12.8 Å². The molecule has 2 N–H and O–H groups in total. The lowest BCUT2D eigenvalue weighted by Gasteiger charge is -2.21. The van der Waals surface area contributed by atoms with Gasteiger partial charge in [0.05, 0.1) is 5.69 Å². The number of guanidine groups is 1. The van der Waals surface area contributed by atoms with Crippen molar-refractivity contribution in [2.45, 2.75) is 11.8 Å². The highest BCUT2D eigenvalue weighted by molar-refractivity contribution is 7.90. The second-order valence-electron chi connectivity index (χ2n) is 3.19. The second-order valence-corrected chi connectivity index (χ2v) is 4.84. The summed E-state index contributed by atoms with van der Waals surface area (Å²) in [5.74, 6) is -0.441. The van der Waals surface area contributed by atoms with Crippen molar-refractivity contribution in [1.82, 2.24) is 4.72 Å². The van der Waals surface area contributed by atoms with E-state index in [9.17, 15) is 12.8 Å². The normalized spacial score (nSPS) is 19.8. The first-order valence-corrected chi connectivity index (χ1v) is 6.15. The summed E-state index contributed by atoms with van der Waals surface area (Å²) in [7, 11) is -3.72. The van der Waals surface area contributed by atoms with Crippen molar-refractivity contribution >= 4 is 21.7 Å². The summed E-state index contributed by atoms with van der Waals surface area (Å²) in [4.78, 5) is 3.81. The molecule has 86 valence electrons. The molecule has 0 fully saturated rings. The summed E-state index contributed by atoms with van der Waals surface area (Å²) in [6, 6.07) is 3.53. The molecule has 0 aliphatic carbocycles. The predicted octanol–water partition coefficient (Wildman–Crippen LogP) is 0.905. The summed E-state index contributed by atoms with van der Waals surface area (Å²) >= 11 is 0. The van der Waals surface area contributed by atoms with Crippen LogP contribution < -0.4 is 10.0 Å². The Balaban J connectivity index is 2.56. The number of aliphatic imine (C=N–C) groups is 1. The summed E-state index contributed by atoms with van der Waals surface area (Å²) in [5, 5.41) is 2.77. The summed E-state index contributed by atoms with van der Waals surface area (Å²) in [6.45, 7) is 2.23. The third-order valence-electron chi connectivity index (χ3n) is 2.03. The topological polar surface area (TPSA) is 70.6 Å². The lowest BCUT2D eigenvalue weighted by molar-refractivity contribution is 0.587. The van der Waals surface area contributed by atoms with E-state index < -0.39 is 15.8 Å². The quantitative estimate of drug-likeness (QED) is 0.770. The van der Waals surface area contributed by atoms with E-state index in [4.69, 9.17) is 0 Å². The van der Waals surface area contributed by atoms with Crippen molar-refractivity contribution in [2.75, 3.05) is 11.9 Å². The molecule has 1 heterocycles. The molecule has 2 rings (SSSR count). The molecule has 1 aliphatic rings. The predicted molar refractivity (Wildman–Crippen MR) is 58.3 cm³/mol. The summed E-state index contributed by atoms with van der Waals surface area (Å²) in [6.07, 6.45) is 0. The van der Waals surface area contributed by atoms with E-state index in [0.717, 1.165) is 6.07 Å². The van der Waals surface area contributed by atoms with Crippen molar-refractivity contribution in [2.24, 2.45) is 4.99 Å². The lowest BCUT2D eigenvalue weighted by Crippen LogP contribution is -2.40. The monoisotopic (exact) mass is 243 g/mol. The highest BCUT2D eigenvalue weighted by atomic mass is 32.2. The summed E-state index contributed by atoms with van der Waals surface area (Å²) < 4.78 is 38.6. The van der Waals surface area contributed by atoms with Crippen molar-refractivity contribution in [1.29, 1.82) is 0 Å². The van der Waals surface area contributed by atoms with Crippen LogP contribution in [0.25, 0.3) is 0 Å². The Labute approximate surface area is 92.4 Å². The van der Waals surface area contributed by atoms with Crippen LogP contribution in [0, 0.1) is 5.82 Å². The maximum atomic E-state index is 12.9. The smallest absolute Gasteiger partial charge is 0.266 e. The zero-order valence-corrected chi connectivity index (χ0v) is 9.31. The van der Waals surface area contributed by atoms with Gasteiger partial charge in [-0.2, -0.15) is 0 Å². The number of rotatable bonds is 1. The zero-order chi connectivity index (χ0) is 11.8. The van der Waals surface area contributed by atoms with Gasteiger partial charge in [-0.1, -0.05) is 0 Å². The van der Waals surface area contributed by atoms with Crippen LogP contribution in [-0.2, 0) is 10.0 Å². The molecule has 0 amide bonds. The molecule has 5 nitrogen and oxygen atoms in total. The van der Waals surface area contributed by atoms with Gasteiger partial charge in [-0.15, -0.1) is 0 Å². The van der Waals surface area contributed by atoms with Gasteiger partial charge in [0.2, 0.25) is 5.96 Å². The minimum Gasteiger partial charge on any atom is -0.324 e. The van der Waals surface area contributed by atoms with Crippen LogP contribution in [0.15, 0.2) is 28.1 Å². The molecule has 1 aliphatic heterocycles. The van der Waals surface area contributed by atoms with Crippen molar-refractivity contribution in [3.05, 3.63) is 24.0 Å². The van der Waals surface area contributed by atoms with Crippen LogP contribution in [-0.4, -0.2) is 20.9 Å². The highest BCUT2D eigenvalue weighted by Gasteiger charge is 2.26. The largest absolute Gasteiger partial charge is 0.324 e. The highest BCUT2D eigenvalue weighted by Crippen LogP contribution is 2.25. The van der Waals surface area contributed by atoms with Gasteiger partial charge in [0.25, 0.3) is 10.0 Å². The Morgan fingerprint density at radius 1 is 1.44 bits per heavy atom. The number of sulfonamides is 1. The Morgan fingerprint density at radius 2 is 2.19 bits per heavy atom. The number of nitrogens with one attached hydrogen (secondary N) is 2. The Morgan fingerprint density at radius 3 is 2.88 bits per heavy atom. The molecule has 16 heavy (non-hydrogen) atoms. The van der Waals surface area contributed by atoms with Gasteiger partial charge in [0.1, 0.15) is 10.7 Å². The molecule has 0 bridgehead atoms. The molecule has 0 saturated heterocycles. The Hall–Kier alpha value is -1.63. The molecule has 0 atom stereocenters. The van der Waals surface area contributed by atoms with Crippen LogP contribution >= 0.6 is 0 Å². The first-order chi connectivity index (χ1) is 7.53. The van der Waals surface area contributed by atoms with E-state index >= 15 is 0 Å². The molecular formula is C9H10FN3O2S. The van der Waals surface area contributed by atoms with Gasteiger partial charge < -0.3 is 5.32 Å². The first kappa shape index (κ1) is 10.9. The van der Waals surface area contributed by atoms with Gasteiger partial charge in [-0.25, -0.2) is 17.5 Å². The van der Waals surface area contributed by atoms with Crippen molar-refractivity contribution in [3.8, 4) is 0 Å². The number of hydrogen-bond acceptors (Lipinski definition) is 3. The second kappa shape index (κ2) is 3.75. The number of halogens is 1. The van der Waals surface area contributed by atoms with Gasteiger partial charge in [-0.3, -0.25) is 4.99 Å². The van der Waals surface area contributed by atoms with Gasteiger partial charge in [-0.05, 0) is 25.1 Å². The van der Waals surface area contributed by atoms with Crippen LogP contribution in [0.5, 0.6) is 0 Å². The fourth-order valence-electron chi connectivity index (χ4n) is 1.39. The number of anilines is 1. The van der Waals surface area contributed by atoms with Crippen LogP contribution in [0.4, 0.5) is 10.1 Å². The van der Waals surface area contributed by atoms with Crippen molar-refractivity contribution in [3.63, 3.8) is 0 Å². The molecule has 0 spiro atoms. The minimum atomic E-state index is -3.72. The zero-order valence-electron chi connectivity index (χ0n) is 8.49. The average Bonchev–Trinajstić information content (AvgIpc) is 2.19. The molecule has 0 aromatic heterocycles. The van der Waals surface area contributed by atoms with Gasteiger partial charge in [0.15, 0.2) is 0 Å². The van der Waals surface area contributed by atoms with Crippen LogP contribution in [0.3, 0.4) is 0 Å². The number of benzene rings is 1. The number of nitrogens with zero attached hydrogens (tertiary/aromatic N) is 1. The molecule has 1 aromatic carbocycles. The SMILES string of the molecule is CCN=C1Nc2ccc(F)cc2S(=O)(=O)N1. The minimum absolute atomic E-state index is 0.109. The maximum Gasteiger partial charge on any atom is 0.266 e. The van der Waals surface area contributed by atoms with Crippen LogP contribution in [0.1, 0.15) is 6.92 Å². The Bertz CT molecular complexity index is 554. The fourth-order valence-corrected chi connectivity index (χ4v) is 2.54. The lowest BCUT2D eigenvalue weighted by atomic mass is 10.3. The van der Waals surface area contributed by atoms with E-state index in [0.29, 0.717) is 12.2 Å². The molecule has 0 unspecified atom stereocenters. The first-order valence-electron chi connectivity index (χ1n) is 4.67. The third kappa shape index (κ3) is 1.85. The molecular weight excluding hydrogens is 233 g/mol. The third-order valence-corrected chi connectivity index (χ3v) is 3.41. The maximum absolute atomic E-state index is 12.9. The number of fused-ring (bicyclic) bond motifs is 1. The van der Waals surface area contributed by atoms with Gasteiger partial charge in [0, 0.05) is 6.54 Å². The molecule has 0 saturated carbocycles. The van der Waals surface area contributed by atoms with E-state index in [1.165, 1.54) is 12.1 Å². The Kier molecular flexibility index (Phi) is 2.55. The molecule has 1 aromatic rings. The van der Waals surface area contributed by atoms with Crippen LogP contribution in [0.2, 0.25) is 0 Å². The van der Waals surface area contributed by atoms with Gasteiger partial charge >= 0.3 is 0 Å². The standard InChI is InChI=1S/C9H10FN3O2S/c1-2-11-9-12-7-4-3-6(10)5-8(7)16(14,15)13-9/h3-5H,2H2,1H3,(H2,11,12,13). The molecule has 0 radical (unpaired) electrons. The van der Waals surface area contributed by atoms with E-state index in [1.54, 1.807) is 6.92 Å². The summed E-state index contributed by atoms with van der Waals surface area (Å²) in [5.41, 5.74) is 0.326. The van der Waals surface area contributed by atoms with E-state index in [-0.39, 0.29) is 10.9 Å². The average molecular weight is 243 g/mol. The van der Waals surface area contributed by atoms with E-state index in [2.05, 4.69) is 15.0 Å². The number of hydrogen-bond donors (Lipinski definition) is 2. The fraction of sp³-hybridized carbons (Fsp3) is 0.222. The van der Waals surface area contributed by atoms with E-state index in [1.807, 2.05) is 0 Å². The molecule has 7 heteroatoms.